The number of benzene rings is 2. The zero-order valence-electron chi connectivity index (χ0n) is 9.91. The van der Waals surface area contributed by atoms with Crippen LogP contribution in [0, 0.1) is 6.92 Å². The van der Waals surface area contributed by atoms with Gasteiger partial charge in [0, 0.05) is 11.0 Å². The monoisotopic (exact) mass is 325 g/mol. The molecule has 0 amide bonds. The number of hydrogen-bond donors (Lipinski definition) is 1. The average molecular weight is 327 g/mol. The lowest BCUT2D eigenvalue weighted by Gasteiger charge is -2.11. The van der Waals surface area contributed by atoms with Crippen LogP contribution in [0.2, 0.25) is 5.02 Å². The standard InChI is InChI=1S/C14H13BrClNO/c1-9-2-4-11(15)7-14(9)18-13-5-3-10(8-17)6-12(13)16/h2-7H,8,17H2,1H3. The number of rotatable bonds is 3. The summed E-state index contributed by atoms with van der Waals surface area (Å²) < 4.78 is 6.79. The topological polar surface area (TPSA) is 35.2 Å². The molecule has 0 saturated heterocycles. The first-order valence-corrected chi connectivity index (χ1v) is 6.70. The second kappa shape index (κ2) is 5.74. The Kier molecular flexibility index (Phi) is 4.27. The molecule has 0 saturated carbocycles. The lowest BCUT2D eigenvalue weighted by molar-refractivity contribution is 0.478. The van der Waals surface area contributed by atoms with E-state index in [0.717, 1.165) is 21.3 Å². The molecule has 0 aliphatic carbocycles. The van der Waals surface area contributed by atoms with Gasteiger partial charge >= 0.3 is 0 Å². The lowest BCUT2D eigenvalue weighted by Crippen LogP contribution is -1.96. The van der Waals surface area contributed by atoms with Gasteiger partial charge in [-0.25, -0.2) is 0 Å². The summed E-state index contributed by atoms with van der Waals surface area (Å²) in [6.45, 7) is 2.46. The van der Waals surface area contributed by atoms with E-state index >= 15 is 0 Å². The Morgan fingerprint density at radius 2 is 1.94 bits per heavy atom. The Labute approximate surface area is 120 Å². The second-order valence-electron chi connectivity index (χ2n) is 3.98. The summed E-state index contributed by atoms with van der Waals surface area (Å²) in [5.41, 5.74) is 7.60. The van der Waals surface area contributed by atoms with Gasteiger partial charge < -0.3 is 10.5 Å². The SMILES string of the molecule is Cc1ccc(Br)cc1Oc1ccc(CN)cc1Cl. The van der Waals surface area contributed by atoms with E-state index in [4.69, 9.17) is 22.1 Å². The van der Waals surface area contributed by atoms with Gasteiger partial charge in [0.15, 0.2) is 0 Å². The van der Waals surface area contributed by atoms with E-state index in [1.165, 1.54) is 0 Å². The highest BCUT2D eigenvalue weighted by Crippen LogP contribution is 2.33. The Balaban J connectivity index is 2.31. The van der Waals surface area contributed by atoms with Crippen LogP contribution in [0.15, 0.2) is 40.9 Å². The van der Waals surface area contributed by atoms with E-state index in [9.17, 15) is 0 Å². The summed E-state index contributed by atoms with van der Waals surface area (Å²) >= 11 is 9.58. The molecule has 2 aromatic rings. The smallest absolute Gasteiger partial charge is 0.146 e. The molecule has 0 aromatic heterocycles. The third kappa shape index (κ3) is 3.05. The molecule has 0 aliphatic heterocycles. The van der Waals surface area contributed by atoms with Gasteiger partial charge in [-0.2, -0.15) is 0 Å². The highest BCUT2D eigenvalue weighted by atomic mass is 79.9. The van der Waals surface area contributed by atoms with Crippen molar-refractivity contribution < 1.29 is 4.74 Å². The summed E-state index contributed by atoms with van der Waals surface area (Å²) in [6.07, 6.45) is 0. The first-order chi connectivity index (χ1) is 8.60. The van der Waals surface area contributed by atoms with Crippen molar-refractivity contribution in [1.82, 2.24) is 0 Å². The molecule has 2 rings (SSSR count). The fraction of sp³-hybridized carbons (Fsp3) is 0.143. The molecule has 2 N–H and O–H groups in total. The molecule has 94 valence electrons. The van der Waals surface area contributed by atoms with Crippen LogP contribution in [0.5, 0.6) is 11.5 Å². The van der Waals surface area contributed by atoms with Crippen LogP contribution in [0.1, 0.15) is 11.1 Å². The summed E-state index contributed by atoms with van der Waals surface area (Å²) in [7, 11) is 0. The maximum atomic E-state index is 6.16. The first kappa shape index (κ1) is 13.4. The Morgan fingerprint density at radius 1 is 1.17 bits per heavy atom. The summed E-state index contributed by atoms with van der Waals surface area (Å²) in [4.78, 5) is 0. The molecule has 0 spiro atoms. The molecule has 2 aromatic carbocycles. The molecule has 0 heterocycles. The van der Waals surface area contributed by atoms with Crippen molar-refractivity contribution in [2.45, 2.75) is 13.5 Å². The van der Waals surface area contributed by atoms with Crippen LogP contribution in [0.25, 0.3) is 0 Å². The van der Waals surface area contributed by atoms with Crippen LogP contribution >= 0.6 is 27.5 Å². The summed E-state index contributed by atoms with van der Waals surface area (Å²) in [5.74, 6) is 1.42. The Bertz CT molecular complexity index is 572. The van der Waals surface area contributed by atoms with Crippen LogP contribution in [-0.2, 0) is 6.54 Å². The molecule has 0 aliphatic rings. The quantitative estimate of drug-likeness (QED) is 0.890. The molecule has 0 bridgehead atoms. The molecular formula is C14H13BrClNO. The van der Waals surface area contributed by atoms with Crippen LogP contribution in [-0.4, -0.2) is 0 Å². The van der Waals surface area contributed by atoms with Crippen molar-refractivity contribution in [3.63, 3.8) is 0 Å². The normalized spacial score (nSPS) is 10.4. The van der Waals surface area contributed by atoms with Gasteiger partial charge in [0.2, 0.25) is 0 Å². The molecule has 2 nitrogen and oxygen atoms in total. The largest absolute Gasteiger partial charge is 0.455 e. The van der Waals surface area contributed by atoms with Crippen molar-refractivity contribution in [1.29, 1.82) is 0 Å². The predicted molar refractivity (Wildman–Crippen MR) is 78.3 cm³/mol. The second-order valence-corrected chi connectivity index (χ2v) is 5.30. The summed E-state index contributed by atoms with van der Waals surface area (Å²) in [6, 6.07) is 11.5. The van der Waals surface area contributed by atoms with Gasteiger partial charge in [-0.05, 0) is 42.3 Å². The minimum Gasteiger partial charge on any atom is -0.455 e. The van der Waals surface area contributed by atoms with Crippen molar-refractivity contribution in [3.8, 4) is 11.5 Å². The van der Waals surface area contributed by atoms with Crippen molar-refractivity contribution in [3.05, 3.63) is 57.0 Å². The summed E-state index contributed by atoms with van der Waals surface area (Å²) in [5, 5.41) is 0.567. The minimum atomic E-state index is 0.468. The Morgan fingerprint density at radius 3 is 2.61 bits per heavy atom. The van der Waals surface area contributed by atoms with Gasteiger partial charge in [-0.3, -0.25) is 0 Å². The Hall–Kier alpha value is -1.03. The zero-order chi connectivity index (χ0) is 13.1. The van der Waals surface area contributed by atoms with Gasteiger partial charge in [0.1, 0.15) is 11.5 Å². The number of aryl methyl sites for hydroxylation is 1. The average Bonchev–Trinajstić information content (AvgIpc) is 2.36. The number of halogens is 2. The van der Waals surface area contributed by atoms with E-state index in [1.54, 1.807) is 0 Å². The molecular weight excluding hydrogens is 314 g/mol. The maximum absolute atomic E-state index is 6.16. The fourth-order valence-corrected chi connectivity index (χ4v) is 2.14. The van der Waals surface area contributed by atoms with Gasteiger partial charge in [-0.1, -0.05) is 39.7 Å². The lowest BCUT2D eigenvalue weighted by atomic mass is 10.2. The van der Waals surface area contributed by atoms with E-state index in [2.05, 4.69) is 15.9 Å². The van der Waals surface area contributed by atoms with E-state index < -0.39 is 0 Å². The predicted octanol–water partition coefficient (Wildman–Crippen LogP) is 4.66. The number of ether oxygens (including phenoxy) is 1. The van der Waals surface area contributed by atoms with Crippen LogP contribution in [0.3, 0.4) is 0 Å². The third-order valence-corrected chi connectivity index (χ3v) is 3.39. The minimum absolute atomic E-state index is 0.468. The van der Waals surface area contributed by atoms with E-state index in [-0.39, 0.29) is 0 Å². The van der Waals surface area contributed by atoms with Crippen LogP contribution < -0.4 is 10.5 Å². The van der Waals surface area contributed by atoms with Crippen molar-refractivity contribution in [2.75, 3.05) is 0 Å². The van der Waals surface area contributed by atoms with E-state index in [0.29, 0.717) is 17.3 Å². The van der Waals surface area contributed by atoms with Crippen molar-refractivity contribution in [2.24, 2.45) is 5.73 Å². The molecule has 0 atom stereocenters. The highest BCUT2D eigenvalue weighted by molar-refractivity contribution is 9.10. The van der Waals surface area contributed by atoms with E-state index in [1.807, 2.05) is 43.3 Å². The van der Waals surface area contributed by atoms with Crippen molar-refractivity contribution >= 4 is 27.5 Å². The first-order valence-electron chi connectivity index (χ1n) is 5.52. The van der Waals surface area contributed by atoms with Gasteiger partial charge in [-0.15, -0.1) is 0 Å². The van der Waals surface area contributed by atoms with Crippen LogP contribution in [0.4, 0.5) is 0 Å². The number of hydrogen-bond acceptors (Lipinski definition) is 2. The fourth-order valence-electron chi connectivity index (χ4n) is 1.56. The molecule has 0 radical (unpaired) electrons. The van der Waals surface area contributed by atoms with Gasteiger partial charge in [0.25, 0.3) is 0 Å². The van der Waals surface area contributed by atoms with Gasteiger partial charge in [0.05, 0.1) is 5.02 Å². The molecule has 18 heavy (non-hydrogen) atoms. The number of nitrogens with two attached hydrogens (primary N) is 1. The zero-order valence-corrected chi connectivity index (χ0v) is 12.3. The molecule has 4 heteroatoms. The molecule has 0 unspecified atom stereocenters. The third-order valence-electron chi connectivity index (χ3n) is 2.60. The maximum Gasteiger partial charge on any atom is 0.146 e. The highest BCUT2D eigenvalue weighted by Gasteiger charge is 2.06. The molecule has 0 fully saturated rings.